The van der Waals surface area contributed by atoms with Crippen LogP contribution in [-0.4, -0.2) is 10.5 Å². The molecule has 4 saturated carbocycles. The van der Waals surface area contributed by atoms with Crippen LogP contribution in [0.15, 0.2) is 0 Å². The molecule has 17 heavy (non-hydrogen) atoms. The van der Waals surface area contributed by atoms with Gasteiger partial charge in [0.2, 0.25) is 0 Å². The van der Waals surface area contributed by atoms with Crippen LogP contribution in [0, 0.1) is 28.6 Å². The molecule has 0 unspecified atom stereocenters. The molecule has 0 aliphatic heterocycles. The Bertz CT molecular complexity index is 347. The van der Waals surface area contributed by atoms with Crippen molar-refractivity contribution in [3.8, 4) is 0 Å². The van der Waals surface area contributed by atoms with Crippen LogP contribution >= 0.6 is 0 Å². The molecule has 0 aromatic rings. The van der Waals surface area contributed by atoms with Crippen LogP contribution in [-0.2, 0) is 0 Å². The first-order valence-corrected chi connectivity index (χ1v) is 7.16. The first-order chi connectivity index (χ1) is 7.93. The summed E-state index contributed by atoms with van der Waals surface area (Å²) in [6, 6.07) is 0. The Morgan fingerprint density at radius 1 is 1.00 bits per heavy atom. The molecule has 0 heterocycles. The standard InChI is InChI=1S/C15H24N2/c1-14(2,3)13(17-16)15-7-10-4-11(8-15)6-12(5-10)9-15/h10-12H,4-9H2,1-3H3. The van der Waals surface area contributed by atoms with Crippen LogP contribution in [0.1, 0.15) is 59.3 Å². The van der Waals surface area contributed by atoms with Gasteiger partial charge in [0.05, 0.1) is 10.8 Å². The SMILES string of the molecule is CC(C)(C)C(=[N+]=[N-])C12CC3CC(CC(C3)C1)C2. The molecule has 0 radical (unpaired) electrons. The molecule has 0 aromatic carbocycles. The van der Waals surface area contributed by atoms with Crippen LogP contribution in [0.25, 0.3) is 5.53 Å². The molecule has 0 spiro atoms. The highest BCUT2D eigenvalue weighted by Gasteiger charge is 2.58. The Balaban J connectivity index is 1.99. The van der Waals surface area contributed by atoms with Gasteiger partial charge in [-0.3, -0.25) is 0 Å². The largest absolute Gasteiger partial charge is 0.362 e. The second-order valence-electron chi connectivity index (χ2n) is 7.90. The van der Waals surface area contributed by atoms with Gasteiger partial charge in [0, 0.05) is 0 Å². The predicted molar refractivity (Wildman–Crippen MR) is 68.7 cm³/mol. The lowest BCUT2D eigenvalue weighted by Gasteiger charge is -2.55. The monoisotopic (exact) mass is 232 g/mol. The van der Waals surface area contributed by atoms with Crippen LogP contribution in [0.4, 0.5) is 0 Å². The summed E-state index contributed by atoms with van der Waals surface area (Å²) in [5, 5.41) is 0. The van der Waals surface area contributed by atoms with Gasteiger partial charge in [-0.05, 0) is 77.0 Å². The van der Waals surface area contributed by atoms with E-state index < -0.39 is 0 Å². The van der Waals surface area contributed by atoms with E-state index in [-0.39, 0.29) is 10.8 Å². The van der Waals surface area contributed by atoms with Gasteiger partial charge >= 0.3 is 0 Å². The van der Waals surface area contributed by atoms with Crippen molar-refractivity contribution in [2.45, 2.75) is 59.3 Å². The lowest BCUT2D eigenvalue weighted by molar-refractivity contribution is -0.0779. The van der Waals surface area contributed by atoms with Crippen LogP contribution < -0.4 is 0 Å². The summed E-state index contributed by atoms with van der Waals surface area (Å²) in [5.41, 5.74) is 10.9. The molecular formula is C15H24N2. The maximum absolute atomic E-state index is 9.51. The summed E-state index contributed by atoms with van der Waals surface area (Å²) in [4.78, 5) is 3.77. The topological polar surface area (TPSA) is 36.4 Å². The maximum Gasteiger partial charge on any atom is 0.280 e. The third-order valence-electron chi connectivity index (χ3n) is 5.35. The van der Waals surface area contributed by atoms with E-state index in [1.807, 2.05) is 0 Å². The molecule has 0 aromatic heterocycles. The molecule has 2 heteroatoms. The van der Waals surface area contributed by atoms with E-state index in [4.69, 9.17) is 0 Å². The van der Waals surface area contributed by atoms with Crippen molar-refractivity contribution in [3.05, 3.63) is 5.53 Å². The molecule has 4 rings (SSSR count). The number of hydrogen-bond donors (Lipinski definition) is 0. The number of rotatable bonds is 1. The van der Waals surface area contributed by atoms with Crippen molar-refractivity contribution in [3.63, 3.8) is 0 Å². The van der Waals surface area contributed by atoms with E-state index in [0.717, 1.165) is 23.5 Å². The molecule has 94 valence electrons. The number of nitrogens with zero attached hydrogens (tertiary/aromatic N) is 2. The summed E-state index contributed by atoms with van der Waals surface area (Å²) < 4.78 is 0. The summed E-state index contributed by atoms with van der Waals surface area (Å²) in [5.74, 6) is 2.75. The van der Waals surface area contributed by atoms with Gasteiger partial charge in [0.1, 0.15) is 0 Å². The van der Waals surface area contributed by atoms with Gasteiger partial charge < -0.3 is 5.53 Å². The van der Waals surface area contributed by atoms with Crippen LogP contribution in [0.3, 0.4) is 0 Å². The maximum atomic E-state index is 9.51. The molecular weight excluding hydrogens is 208 g/mol. The third-order valence-corrected chi connectivity index (χ3v) is 5.35. The van der Waals surface area contributed by atoms with Crippen molar-refractivity contribution >= 4 is 5.71 Å². The smallest absolute Gasteiger partial charge is 0.280 e. The molecule has 4 aliphatic carbocycles. The molecule has 2 nitrogen and oxygen atoms in total. The second-order valence-corrected chi connectivity index (χ2v) is 7.90. The first-order valence-electron chi connectivity index (χ1n) is 7.16. The van der Waals surface area contributed by atoms with Gasteiger partial charge in [0.25, 0.3) is 5.71 Å². The first kappa shape index (κ1) is 11.5. The second kappa shape index (κ2) is 3.45. The van der Waals surface area contributed by atoms with Crippen molar-refractivity contribution in [1.82, 2.24) is 0 Å². The average molecular weight is 232 g/mol. The zero-order chi connectivity index (χ0) is 12.3. The van der Waals surface area contributed by atoms with Crippen LogP contribution in [0.5, 0.6) is 0 Å². The Morgan fingerprint density at radius 2 is 1.41 bits per heavy atom. The molecule has 0 atom stereocenters. The van der Waals surface area contributed by atoms with Crippen molar-refractivity contribution < 1.29 is 4.79 Å². The molecule has 4 fully saturated rings. The minimum absolute atomic E-state index is 0.0143. The fourth-order valence-corrected chi connectivity index (χ4v) is 5.45. The average Bonchev–Trinajstić information content (AvgIpc) is 2.12. The van der Waals surface area contributed by atoms with Gasteiger partial charge in [-0.25, -0.2) is 0 Å². The van der Waals surface area contributed by atoms with E-state index in [2.05, 4.69) is 25.6 Å². The van der Waals surface area contributed by atoms with E-state index in [1.54, 1.807) is 0 Å². The minimum Gasteiger partial charge on any atom is -0.362 e. The Hall–Kier alpha value is -0.620. The Morgan fingerprint density at radius 3 is 1.71 bits per heavy atom. The molecule has 0 amide bonds. The van der Waals surface area contributed by atoms with E-state index in [0.29, 0.717) is 0 Å². The predicted octanol–water partition coefficient (Wildman–Crippen LogP) is 3.92. The van der Waals surface area contributed by atoms with Gasteiger partial charge in [-0.2, -0.15) is 4.79 Å². The molecule has 0 N–H and O–H groups in total. The molecule has 4 bridgehead atoms. The highest BCUT2D eigenvalue weighted by atomic mass is 14.9. The van der Waals surface area contributed by atoms with E-state index >= 15 is 0 Å². The zero-order valence-corrected chi connectivity index (χ0v) is 11.4. The Kier molecular flexibility index (Phi) is 2.32. The Labute approximate surface area is 104 Å². The van der Waals surface area contributed by atoms with Gasteiger partial charge in [-0.15, -0.1) is 0 Å². The van der Waals surface area contributed by atoms with Crippen molar-refractivity contribution in [2.75, 3.05) is 0 Å². The van der Waals surface area contributed by atoms with Crippen molar-refractivity contribution in [2.24, 2.45) is 28.6 Å². The minimum atomic E-state index is 0.0143. The fraction of sp³-hybridized carbons (Fsp3) is 0.933. The lowest BCUT2D eigenvalue weighted by atomic mass is 9.46. The normalized spacial score (nSPS) is 43.6. The molecule has 0 saturated heterocycles. The van der Waals surface area contributed by atoms with Gasteiger partial charge in [-0.1, -0.05) is 0 Å². The third kappa shape index (κ3) is 1.69. The van der Waals surface area contributed by atoms with Crippen LogP contribution in [0.2, 0.25) is 0 Å². The summed E-state index contributed by atoms with van der Waals surface area (Å²) in [6.07, 6.45) is 8.20. The molecule has 4 aliphatic rings. The quantitative estimate of drug-likeness (QED) is 0.373. The highest BCUT2D eigenvalue weighted by molar-refractivity contribution is 5.90. The van der Waals surface area contributed by atoms with E-state index in [9.17, 15) is 5.53 Å². The fourth-order valence-electron chi connectivity index (χ4n) is 5.45. The van der Waals surface area contributed by atoms with Crippen molar-refractivity contribution in [1.29, 1.82) is 0 Å². The summed E-state index contributed by atoms with van der Waals surface area (Å²) >= 11 is 0. The summed E-state index contributed by atoms with van der Waals surface area (Å²) in [7, 11) is 0. The number of hydrogen-bond acceptors (Lipinski definition) is 0. The van der Waals surface area contributed by atoms with Gasteiger partial charge in [0.15, 0.2) is 0 Å². The van der Waals surface area contributed by atoms with E-state index in [1.165, 1.54) is 38.5 Å². The zero-order valence-electron chi connectivity index (χ0n) is 11.4. The highest BCUT2D eigenvalue weighted by Crippen LogP contribution is 2.61. The lowest BCUT2D eigenvalue weighted by Crippen LogP contribution is -2.53. The summed E-state index contributed by atoms with van der Waals surface area (Å²) in [6.45, 7) is 6.59.